The molecule has 1 saturated heterocycles. The minimum atomic E-state index is -0.655. The molecular weight excluding hydrogens is 259 g/mol. The van der Waals surface area contributed by atoms with Crippen molar-refractivity contribution in [1.82, 2.24) is 4.98 Å². The van der Waals surface area contributed by atoms with Crippen molar-refractivity contribution in [3.63, 3.8) is 0 Å². The summed E-state index contributed by atoms with van der Waals surface area (Å²) in [7, 11) is 0.657. The fraction of sp³-hybridized carbons (Fsp3) is 0.538. The van der Waals surface area contributed by atoms with Gasteiger partial charge in [0.25, 0.3) is 0 Å². The monoisotopic (exact) mass is 278 g/mol. The van der Waals surface area contributed by atoms with Gasteiger partial charge in [-0.3, -0.25) is 0 Å². The third-order valence-electron chi connectivity index (χ3n) is 3.88. The van der Waals surface area contributed by atoms with Crippen LogP contribution in [0.5, 0.6) is 0 Å². The molecule has 2 N–H and O–H groups in total. The zero-order valence-corrected chi connectivity index (χ0v) is 12.4. The molecule has 0 atom stereocenters. The first kappa shape index (κ1) is 14.8. The Morgan fingerprint density at radius 3 is 2.35 bits per heavy atom. The Morgan fingerprint density at radius 2 is 1.85 bits per heavy atom. The Bertz CT molecular complexity index is 529. The van der Waals surface area contributed by atoms with Gasteiger partial charge in [0.05, 0.1) is 23.9 Å². The van der Waals surface area contributed by atoms with E-state index < -0.39 is 24.3 Å². The highest BCUT2D eigenvalue weighted by molar-refractivity contribution is 6.63. The largest absolute Gasteiger partial charge is 0.498 e. The fourth-order valence-corrected chi connectivity index (χ4v) is 1.88. The number of ether oxygens (including phenoxy) is 1. The molecule has 0 aromatic carbocycles. The molecule has 1 fully saturated rings. The van der Waals surface area contributed by atoms with Crippen LogP contribution >= 0.6 is 0 Å². The van der Waals surface area contributed by atoms with Crippen LogP contribution in [0.1, 0.15) is 38.1 Å². The molecule has 1 aliphatic rings. The number of esters is 1. The first-order valence-corrected chi connectivity index (χ1v) is 6.37. The molecule has 0 spiro atoms. The van der Waals surface area contributed by atoms with E-state index in [0.29, 0.717) is 11.0 Å². The Balaban J connectivity index is 2.37. The van der Waals surface area contributed by atoms with Crippen LogP contribution in [0.15, 0.2) is 12.3 Å². The highest BCUT2D eigenvalue weighted by atomic mass is 16.7. The van der Waals surface area contributed by atoms with Gasteiger partial charge < -0.3 is 19.8 Å². The van der Waals surface area contributed by atoms with Crippen LogP contribution in [-0.2, 0) is 14.0 Å². The average Bonchev–Trinajstić information content (AvgIpc) is 2.58. The van der Waals surface area contributed by atoms with Crippen LogP contribution in [0.3, 0.4) is 0 Å². The number of hydrogen-bond donors (Lipinski definition) is 1. The highest BCUT2D eigenvalue weighted by Crippen LogP contribution is 2.36. The summed E-state index contributed by atoms with van der Waals surface area (Å²) >= 11 is 0. The summed E-state index contributed by atoms with van der Waals surface area (Å²) in [5.41, 5.74) is 5.75. The molecule has 1 aliphatic heterocycles. The van der Waals surface area contributed by atoms with Crippen molar-refractivity contribution in [1.29, 1.82) is 0 Å². The molecule has 1 aromatic heterocycles. The summed E-state index contributed by atoms with van der Waals surface area (Å²) in [6, 6.07) is 1.59. The molecule has 2 rings (SSSR count). The summed E-state index contributed by atoms with van der Waals surface area (Å²) in [6.07, 6.45) is 1.37. The van der Waals surface area contributed by atoms with Crippen molar-refractivity contribution >= 4 is 24.4 Å². The van der Waals surface area contributed by atoms with E-state index in [1.807, 2.05) is 27.7 Å². The van der Waals surface area contributed by atoms with Crippen LogP contribution in [0.25, 0.3) is 0 Å². The number of anilines is 1. The highest BCUT2D eigenvalue weighted by Gasteiger charge is 2.52. The van der Waals surface area contributed by atoms with Crippen LogP contribution in [0.2, 0.25) is 0 Å². The number of carbonyl (C=O) groups excluding carboxylic acids is 1. The van der Waals surface area contributed by atoms with E-state index in [1.165, 1.54) is 13.3 Å². The number of carbonyl (C=O) groups is 1. The molecule has 20 heavy (non-hydrogen) atoms. The van der Waals surface area contributed by atoms with E-state index in [-0.39, 0.29) is 5.82 Å². The molecule has 0 bridgehead atoms. The zero-order chi connectivity index (χ0) is 15.1. The lowest BCUT2D eigenvalue weighted by molar-refractivity contribution is 0.00578. The smallest absolute Gasteiger partial charge is 0.465 e. The van der Waals surface area contributed by atoms with Crippen molar-refractivity contribution in [2.24, 2.45) is 0 Å². The molecule has 2 heterocycles. The van der Waals surface area contributed by atoms with E-state index in [2.05, 4.69) is 9.72 Å². The molecular formula is C13H19BN2O4. The second-order valence-electron chi connectivity index (χ2n) is 5.78. The lowest BCUT2D eigenvalue weighted by Crippen LogP contribution is -2.41. The molecule has 7 heteroatoms. The van der Waals surface area contributed by atoms with Crippen molar-refractivity contribution < 1.29 is 18.8 Å². The van der Waals surface area contributed by atoms with E-state index in [1.54, 1.807) is 6.07 Å². The number of nitrogens with two attached hydrogens (primary N) is 1. The molecule has 0 amide bonds. The van der Waals surface area contributed by atoms with Gasteiger partial charge >= 0.3 is 13.1 Å². The summed E-state index contributed by atoms with van der Waals surface area (Å²) in [5, 5.41) is 0. The normalized spacial score (nSPS) is 19.9. The second kappa shape index (κ2) is 4.75. The predicted molar refractivity (Wildman–Crippen MR) is 75.7 cm³/mol. The van der Waals surface area contributed by atoms with Gasteiger partial charge in [-0.15, -0.1) is 0 Å². The maximum atomic E-state index is 11.6. The van der Waals surface area contributed by atoms with E-state index >= 15 is 0 Å². The summed E-state index contributed by atoms with van der Waals surface area (Å²) in [4.78, 5) is 15.6. The molecule has 0 saturated carbocycles. The van der Waals surface area contributed by atoms with E-state index in [4.69, 9.17) is 15.0 Å². The lowest BCUT2D eigenvalue weighted by Gasteiger charge is -2.32. The van der Waals surface area contributed by atoms with Crippen LogP contribution in [0, 0.1) is 0 Å². The third kappa shape index (κ3) is 2.38. The average molecular weight is 278 g/mol. The summed E-state index contributed by atoms with van der Waals surface area (Å²) < 4.78 is 16.5. The number of nitrogen functional groups attached to an aromatic ring is 1. The number of nitrogens with zero attached hydrogens (tertiary/aromatic N) is 1. The number of hydrogen-bond acceptors (Lipinski definition) is 6. The van der Waals surface area contributed by atoms with E-state index in [0.717, 1.165) is 0 Å². The first-order chi connectivity index (χ1) is 9.18. The SMILES string of the molecule is COC(=O)c1cnc(N)c(B2OC(C)(C)C(C)(C)O2)c1. The van der Waals surface area contributed by atoms with Crippen LogP contribution < -0.4 is 11.2 Å². The standard InChI is InChI=1S/C13H19BN2O4/c1-12(2)13(3,4)20-14(19-12)9-6-8(11(17)18-5)7-16-10(9)15/h6-7H,1-5H3,(H2,15,16). The van der Waals surface area contributed by atoms with Crippen LogP contribution in [0.4, 0.5) is 5.82 Å². The lowest BCUT2D eigenvalue weighted by atomic mass is 9.78. The van der Waals surface area contributed by atoms with Crippen LogP contribution in [-0.4, -0.2) is 36.4 Å². The maximum Gasteiger partial charge on any atom is 0.498 e. The van der Waals surface area contributed by atoms with Gasteiger partial charge in [0.15, 0.2) is 0 Å². The number of methoxy groups -OCH3 is 1. The van der Waals surface area contributed by atoms with Crippen molar-refractivity contribution in [2.75, 3.05) is 12.8 Å². The topological polar surface area (TPSA) is 83.7 Å². The van der Waals surface area contributed by atoms with Crippen molar-refractivity contribution in [3.05, 3.63) is 17.8 Å². The number of aromatic nitrogens is 1. The fourth-order valence-electron chi connectivity index (χ4n) is 1.88. The molecule has 108 valence electrons. The number of pyridine rings is 1. The van der Waals surface area contributed by atoms with Gasteiger partial charge in [0.1, 0.15) is 5.82 Å². The zero-order valence-electron chi connectivity index (χ0n) is 12.4. The number of rotatable bonds is 2. The Hall–Kier alpha value is -1.60. The third-order valence-corrected chi connectivity index (χ3v) is 3.88. The van der Waals surface area contributed by atoms with Gasteiger partial charge in [-0.05, 0) is 33.8 Å². The minimum absolute atomic E-state index is 0.274. The van der Waals surface area contributed by atoms with Crippen molar-refractivity contribution in [2.45, 2.75) is 38.9 Å². The van der Waals surface area contributed by atoms with Gasteiger partial charge in [-0.25, -0.2) is 9.78 Å². The first-order valence-electron chi connectivity index (χ1n) is 6.37. The van der Waals surface area contributed by atoms with E-state index in [9.17, 15) is 4.79 Å². The van der Waals surface area contributed by atoms with Gasteiger partial charge in [0, 0.05) is 11.7 Å². The predicted octanol–water partition coefficient (Wildman–Crippen LogP) is 0.750. The Morgan fingerprint density at radius 1 is 1.30 bits per heavy atom. The minimum Gasteiger partial charge on any atom is -0.465 e. The summed E-state index contributed by atoms with van der Waals surface area (Å²) in [5.74, 6) is -0.202. The molecule has 0 unspecified atom stereocenters. The Kier molecular flexibility index (Phi) is 3.52. The summed E-state index contributed by atoms with van der Waals surface area (Å²) in [6.45, 7) is 7.78. The van der Waals surface area contributed by atoms with Gasteiger partial charge in [-0.2, -0.15) is 0 Å². The van der Waals surface area contributed by atoms with Gasteiger partial charge in [-0.1, -0.05) is 0 Å². The van der Waals surface area contributed by atoms with Crippen molar-refractivity contribution in [3.8, 4) is 0 Å². The maximum absolute atomic E-state index is 11.6. The van der Waals surface area contributed by atoms with Gasteiger partial charge in [0.2, 0.25) is 0 Å². The molecule has 1 aromatic rings. The quantitative estimate of drug-likeness (QED) is 0.635. The molecule has 0 aliphatic carbocycles. The molecule has 0 radical (unpaired) electrons. The second-order valence-corrected chi connectivity index (χ2v) is 5.78. The molecule has 6 nitrogen and oxygen atoms in total. The Labute approximate surface area is 118 Å².